The second-order valence-corrected chi connectivity index (χ2v) is 6.42. The van der Waals surface area contributed by atoms with Crippen molar-refractivity contribution in [2.45, 2.75) is 19.9 Å². The number of piperazine rings is 1. The highest BCUT2D eigenvalue weighted by molar-refractivity contribution is 5.93. The smallest absolute Gasteiger partial charge is 0.236 e. The van der Waals surface area contributed by atoms with Crippen molar-refractivity contribution in [3.8, 4) is 0 Å². The summed E-state index contributed by atoms with van der Waals surface area (Å²) in [6.07, 6.45) is 3.73. The van der Waals surface area contributed by atoms with E-state index in [2.05, 4.69) is 48.0 Å². The number of rotatable bonds is 3. The van der Waals surface area contributed by atoms with Gasteiger partial charge in [0.2, 0.25) is 5.91 Å². The SMILES string of the molecule is CC(C)C1CN(c2cccc3cnccc23)CCN1C(=O)CN. The minimum atomic E-state index is 0.0467. The van der Waals surface area contributed by atoms with E-state index in [1.54, 1.807) is 0 Å². The van der Waals surface area contributed by atoms with E-state index < -0.39 is 0 Å². The first-order chi connectivity index (χ1) is 11.1. The number of anilines is 1. The molecule has 1 unspecified atom stereocenters. The molecule has 1 aromatic carbocycles. The minimum Gasteiger partial charge on any atom is -0.367 e. The van der Waals surface area contributed by atoms with Crippen LogP contribution < -0.4 is 10.6 Å². The fraction of sp³-hybridized carbons (Fsp3) is 0.444. The van der Waals surface area contributed by atoms with Crippen molar-refractivity contribution >= 4 is 22.4 Å². The highest BCUT2D eigenvalue weighted by atomic mass is 16.2. The van der Waals surface area contributed by atoms with Crippen molar-refractivity contribution in [3.05, 3.63) is 36.7 Å². The second kappa shape index (κ2) is 6.54. The van der Waals surface area contributed by atoms with Gasteiger partial charge in [-0.3, -0.25) is 9.78 Å². The van der Waals surface area contributed by atoms with Crippen LogP contribution in [0.1, 0.15) is 13.8 Å². The molecular weight excluding hydrogens is 288 g/mol. The van der Waals surface area contributed by atoms with Crippen LogP contribution in [0.4, 0.5) is 5.69 Å². The van der Waals surface area contributed by atoms with Crippen molar-refractivity contribution in [1.29, 1.82) is 0 Å². The lowest BCUT2D eigenvalue weighted by Gasteiger charge is -2.44. The van der Waals surface area contributed by atoms with E-state index >= 15 is 0 Å². The number of nitrogens with zero attached hydrogens (tertiary/aromatic N) is 3. The molecule has 1 fully saturated rings. The van der Waals surface area contributed by atoms with Gasteiger partial charge in [-0.05, 0) is 18.1 Å². The average molecular weight is 312 g/mol. The third-order valence-corrected chi connectivity index (χ3v) is 4.68. The maximum Gasteiger partial charge on any atom is 0.236 e. The summed E-state index contributed by atoms with van der Waals surface area (Å²) < 4.78 is 0. The summed E-state index contributed by atoms with van der Waals surface area (Å²) in [7, 11) is 0. The molecule has 23 heavy (non-hydrogen) atoms. The zero-order valence-corrected chi connectivity index (χ0v) is 13.8. The fourth-order valence-corrected chi connectivity index (χ4v) is 3.41. The number of hydrogen-bond donors (Lipinski definition) is 1. The fourth-order valence-electron chi connectivity index (χ4n) is 3.41. The Hall–Kier alpha value is -2.14. The topological polar surface area (TPSA) is 62.5 Å². The van der Waals surface area contributed by atoms with Gasteiger partial charge in [-0.2, -0.15) is 0 Å². The standard InChI is InChI=1S/C18H24N4O/c1-13(2)17-12-21(8-9-22(17)18(23)10-19)16-5-3-4-14-11-20-7-6-15(14)16/h3-7,11,13,17H,8-10,12,19H2,1-2H3. The molecule has 5 nitrogen and oxygen atoms in total. The molecule has 2 heterocycles. The largest absolute Gasteiger partial charge is 0.367 e. The third-order valence-electron chi connectivity index (χ3n) is 4.68. The lowest BCUT2D eigenvalue weighted by molar-refractivity contribution is -0.133. The lowest BCUT2D eigenvalue weighted by atomic mass is 9.98. The van der Waals surface area contributed by atoms with Crippen LogP contribution in [0, 0.1) is 5.92 Å². The highest BCUT2D eigenvalue weighted by Crippen LogP contribution is 2.29. The van der Waals surface area contributed by atoms with Gasteiger partial charge in [0.15, 0.2) is 0 Å². The molecule has 1 aliphatic heterocycles. The lowest BCUT2D eigenvalue weighted by Crippen LogP contribution is -2.58. The van der Waals surface area contributed by atoms with Gasteiger partial charge in [-0.25, -0.2) is 0 Å². The van der Waals surface area contributed by atoms with Crippen LogP contribution in [0.3, 0.4) is 0 Å². The predicted molar refractivity (Wildman–Crippen MR) is 93.3 cm³/mol. The molecule has 5 heteroatoms. The molecule has 0 spiro atoms. The van der Waals surface area contributed by atoms with Crippen molar-refractivity contribution in [2.75, 3.05) is 31.1 Å². The number of hydrogen-bond acceptors (Lipinski definition) is 4. The van der Waals surface area contributed by atoms with Crippen LogP contribution >= 0.6 is 0 Å². The summed E-state index contributed by atoms with van der Waals surface area (Å²) in [4.78, 5) is 20.6. The van der Waals surface area contributed by atoms with E-state index in [1.807, 2.05) is 17.3 Å². The normalized spacial score (nSPS) is 18.7. The molecule has 0 radical (unpaired) electrons. The number of pyridine rings is 1. The molecule has 1 saturated heterocycles. The van der Waals surface area contributed by atoms with Gasteiger partial charge in [0, 0.05) is 48.5 Å². The van der Waals surface area contributed by atoms with Crippen LogP contribution in [-0.4, -0.2) is 48.0 Å². The average Bonchev–Trinajstić information content (AvgIpc) is 2.60. The van der Waals surface area contributed by atoms with Gasteiger partial charge in [-0.15, -0.1) is 0 Å². The molecule has 0 bridgehead atoms. The molecule has 1 amide bonds. The Bertz CT molecular complexity index is 695. The number of amides is 1. The van der Waals surface area contributed by atoms with Gasteiger partial charge in [0.05, 0.1) is 12.6 Å². The van der Waals surface area contributed by atoms with Crippen molar-refractivity contribution in [3.63, 3.8) is 0 Å². The summed E-state index contributed by atoms with van der Waals surface area (Å²) in [6, 6.07) is 8.56. The third kappa shape index (κ3) is 3.01. The van der Waals surface area contributed by atoms with Crippen molar-refractivity contribution < 1.29 is 4.79 Å². The molecule has 2 N–H and O–H groups in total. The van der Waals surface area contributed by atoms with Gasteiger partial charge in [0.1, 0.15) is 0 Å². The first-order valence-electron chi connectivity index (χ1n) is 8.19. The Morgan fingerprint density at radius 2 is 2.17 bits per heavy atom. The van der Waals surface area contributed by atoms with Gasteiger partial charge in [-0.1, -0.05) is 26.0 Å². The molecule has 0 saturated carbocycles. The van der Waals surface area contributed by atoms with E-state index in [1.165, 1.54) is 11.1 Å². The predicted octanol–water partition coefficient (Wildman–Crippen LogP) is 1.87. The first kappa shape index (κ1) is 15.7. The number of carbonyl (C=O) groups excluding carboxylic acids is 1. The Labute approximate surface area is 137 Å². The van der Waals surface area contributed by atoms with Crippen molar-refractivity contribution in [2.24, 2.45) is 11.7 Å². The van der Waals surface area contributed by atoms with Crippen LogP contribution in [0.25, 0.3) is 10.8 Å². The number of nitrogens with two attached hydrogens (primary N) is 1. The maximum absolute atomic E-state index is 12.1. The molecule has 122 valence electrons. The molecule has 0 aliphatic carbocycles. The number of fused-ring (bicyclic) bond motifs is 1. The zero-order chi connectivity index (χ0) is 16.4. The summed E-state index contributed by atoms with van der Waals surface area (Å²) in [5.41, 5.74) is 6.79. The molecular formula is C18H24N4O. The summed E-state index contributed by atoms with van der Waals surface area (Å²) in [5.74, 6) is 0.440. The van der Waals surface area contributed by atoms with Gasteiger partial charge in [0.25, 0.3) is 0 Å². The van der Waals surface area contributed by atoms with Gasteiger partial charge >= 0.3 is 0 Å². The molecule has 1 atom stereocenters. The summed E-state index contributed by atoms with van der Waals surface area (Å²) >= 11 is 0. The highest BCUT2D eigenvalue weighted by Gasteiger charge is 2.32. The Kier molecular flexibility index (Phi) is 4.48. The van der Waals surface area contributed by atoms with E-state index in [0.717, 1.165) is 25.0 Å². The van der Waals surface area contributed by atoms with E-state index in [0.29, 0.717) is 5.92 Å². The second-order valence-electron chi connectivity index (χ2n) is 6.42. The minimum absolute atomic E-state index is 0.0467. The Morgan fingerprint density at radius 1 is 1.35 bits per heavy atom. The molecule has 1 aromatic heterocycles. The zero-order valence-electron chi connectivity index (χ0n) is 13.8. The van der Waals surface area contributed by atoms with Crippen LogP contribution in [-0.2, 0) is 4.79 Å². The van der Waals surface area contributed by atoms with E-state index in [-0.39, 0.29) is 18.5 Å². The summed E-state index contributed by atoms with van der Waals surface area (Å²) in [5, 5.41) is 2.36. The quantitative estimate of drug-likeness (QED) is 0.940. The van der Waals surface area contributed by atoms with E-state index in [4.69, 9.17) is 5.73 Å². The molecule has 2 aromatic rings. The van der Waals surface area contributed by atoms with Crippen molar-refractivity contribution in [1.82, 2.24) is 9.88 Å². The van der Waals surface area contributed by atoms with Crippen LogP contribution in [0.5, 0.6) is 0 Å². The van der Waals surface area contributed by atoms with Gasteiger partial charge < -0.3 is 15.5 Å². The number of benzene rings is 1. The Morgan fingerprint density at radius 3 is 2.91 bits per heavy atom. The Balaban J connectivity index is 1.91. The monoisotopic (exact) mass is 312 g/mol. The summed E-state index contributed by atoms with van der Waals surface area (Å²) in [6.45, 7) is 6.81. The molecule has 1 aliphatic rings. The number of carbonyl (C=O) groups is 1. The van der Waals surface area contributed by atoms with Crippen LogP contribution in [0.2, 0.25) is 0 Å². The van der Waals surface area contributed by atoms with Crippen LogP contribution in [0.15, 0.2) is 36.7 Å². The van der Waals surface area contributed by atoms with E-state index in [9.17, 15) is 4.79 Å². The first-order valence-corrected chi connectivity index (χ1v) is 8.19. The molecule has 3 rings (SSSR count). The number of aromatic nitrogens is 1. The maximum atomic E-state index is 12.1.